The maximum absolute atomic E-state index is 12.8. The average molecular weight is 423 g/mol. The molecule has 31 heavy (non-hydrogen) atoms. The van der Waals surface area contributed by atoms with Crippen LogP contribution in [0.15, 0.2) is 30.3 Å². The first kappa shape index (κ1) is 21.4. The maximum Gasteiger partial charge on any atom is 0.350 e. The van der Waals surface area contributed by atoms with Crippen molar-refractivity contribution in [2.24, 2.45) is 5.92 Å². The Hall–Kier alpha value is -2.82. The number of carbonyl (C=O) groups is 2. The number of hydrogen-bond acceptors (Lipinski definition) is 5. The summed E-state index contributed by atoms with van der Waals surface area (Å²) in [5.74, 6) is 1.45. The van der Waals surface area contributed by atoms with Crippen molar-refractivity contribution in [1.82, 2.24) is 0 Å². The van der Waals surface area contributed by atoms with Crippen LogP contribution in [0.3, 0.4) is 0 Å². The summed E-state index contributed by atoms with van der Waals surface area (Å²) in [6, 6.07) is 9.79. The summed E-state index contributed by atoms with van der Waals surface area (Å²) in [5, 5.41) is 0. The summed E-state index contributed by atoms with van der Waals surface area (Å²) in [7, 11) is 1.61. The minimum atomic E-state index is -0.933. The first-order valence-corrected chi connectivity index (χ1v) is 11.1. The van der Waals surface area contributed by atoms with Crippen molar-refractivity contribution in [3.05, 3.63) is 47.0 Å². The third-order valence-electron chi connectivity index (χ3n) is 6.21. The smallest absolute Gasteiger partial charge is 0.350 e. The number of methoxy groups -OCH3 is 1. The molecule has 0 aliphatic heterocycles. The summed E-state index contributed by atoms with van der Waals surface area (Å²) >= 11 is 0. The highest BCUT2D eigenvalue weighted by atomic mass is 16.6. The van der Waals surface area contributed by atoms with E-state index in [1.807, 2.05) is 44.2 Å². The fraction of sp³-hybridized carbons (Fsp3) is 0.462. The lowest BCUT2D eigenvalue weighted by Gasteiger charge is -2.23. The van der Waals surface area contributed by atoms with Gasteiger partial charge in [0.25, 0.3) is 0 Å². The molecule has 5 heteroatoms. The van der Waals surface area contributed by atoms with E-state index >= 15 is 0 Å². The monoisotopic (exact) mass is 422 g/mol. The van der Waals surface area contributed by atoms with Crippen molar-refractivity contribution in [3.8, 4) is 22.6 Å². The Morgan fingerprint density at radius 2 is 1.84 bits per heavy atom. The van der Waals surface area contributed by atoms with Gasteiger partial charge in [0, 0.05) is 24.0 Å². The lowest BCUT2D eigenvalue weighted by Crippen LogP contribution is -2.32. The van der Waals surface area contributed by atoms with E-state index in [0.717, 1.165) is 47.1 Å². The largest absolute Gasteiger partial charge is 0.493 e. The van der Waals surface area contributed by atoms with Gasteiger partial charge in [0.05, 0.1) is 13.7 Å². The molecule has 0 saturated heterocycles. The van der Waals surface area contributed by atoms with Crippen molar-refractivity contribution in [3.63, 3.8) is 0 Å². The second-order valence-corrected chi connectivity index (χ2v) is 8.71. The third kappa shape index (κ3) is 4.32. The van der Waals surface area contributed by atoms with Gasteiger partial charge >= 0.3 is 5.97 Å². The Labute approximate surface area is 183 Å². The van der Waals surface area contributed by atoms with Crippen LogP contribution in [0.4, 0.5) is 0 Å². The Balaban J connectivity index is 1.71. The molecule has 164 valence electrons. The molecule has 0 amide bonds. The zero-order chi connectivity index (χ0) is 22.2. The van der Waals surface area contributed by atoms with E-state index in [2.05, 4.69) is 0 Å². The van der Waals surface area contributed by atoms with Crippen LogP contribution >= 0.6 is 0 Å². The quantitative estimate of drug-likeness (QED) is 0.405. The lowest BCUT2D eigenvalue weighted by atomic mass is 9.94. The highest BCUT2D eigenvalue weighted by Gasteiger charge is 2.55. The van der Waals surface area contributed by atoms with Gasteiger partial charge in [-0.15, -0.1) is 0 Å². The molecule has 2 aromatic carbocycles. The number of Topliss-reactive ketones (excluding diaryl/α,β-unsaturated/α-hetero) is 1. The van der Waals surface area contributed by atoms with Crippen LogP contribution in [-0.2, 0) is 16.0 Å². The topological polar surface area (TPSA) is 61.8 Å². The fourth-order valence-electron chi connectivity index (χ4n) is 3.91. The number of ether oxygens (including phenoxy) is 3. The summed E-state index contributed by atoms with van der Waals surface area (Å²) in [6.07, 6.45) is 4.28. The molecule has 0 atom stereocenters. The molecule has 0 radical (unpaired) electrons. The van der Waals surface area contributed by atoms with E-state index in [-0.39, 0.29) is 11.8 Å². The molecule has 0 heterocycles. The zero-order valence-electron chi connectivity index (χ0n) is 18.7. The minimum absolute atomic E-state index is 0.0525. The van der Waals surface area contributed by atoms with Crippen molar-refractivity contribution in [2.75, 3.05) is 13.7 Å². The van der Waals surface area contributed by atoms with Crippen molar-refractivity contribution in [2.45, 2.75) is 58.5 Å². The van der Waals surface area contributed by atoms with Crippen LogP contribution in [0.5, 0.6) is 11.5 Å². The zero-order valence-corrected chi connectivity index (χ0v) is 18.7. The van der Waals surface area contributed by atoms with E-state index in [0.29, 0.717) is 36.9 Å². The van der Waals surface area contributed by atoms with Gasteiger partial charge in [-0.3, -0.25) is 4.79 Å². The van der Waals surface area contributed by atoms with Crippen LogP contribution in [0.1, 0.15) is 61.0 Å². The van der Waals surface area contributed by atoms with E-state index in [4.69, 9.17) is 14.2 Å². The first-order valence-electron chi connectivity index (χ1n) is 11.1. The Bertz CT molecular complexity index is 1010. The van der Waals surface area contributed by atoms with E-state index < -0.39 is 5.60 Å². The van der Waals surface area contributed by atoms with Gasteiger partial charge in [-0.05, 0) is 55.7 Å². The second kappa shape index (κ2) is 8.37. The van der Waals surface area contributed by atoms with Gasteiger partial charge in [-0.2, -0.15) is 0 Å². The Morgan fingerprint density at radius 3 is 2.42 bits per heavy atom. The number of carbonyl (C=O) groups excluding carboxylic acids is 2. The van der Waals surface area contributed by atoms with Gasteiger partial charge < -0.3 is 14.2 Å². The molecule has 2 aliphatic carbocycles. The Morgan fingerprint density at radius 1 is 1.10 bits per heavy atom. The molecule has 4 rings (SSSR count). The van der Waals surface area contributed by atoms with Gasteiger partial charge in [-0.25, -0.2) is 4.79 Å². The number of esters is 1. The van der Waals surface area contributed by atoms with Gasteiger partial charge in [0.15, 0.2) is 17.3 Å². The lowest BCUT2D eigenvalue weighted by molar-refractivity contribution is -0.154. The van der Waals surface area contributed by atoms with Crippen LogP contribution in [-0.4, -0.2) is 31.1 Å². The van der Waals surface area contributed by atoms with Gasteiger partial charge in [0.2, 0.25) is 5.60 Å². The van der Waals surface area contributed by atoms with Crippen LogP contribution in [0.25, 0.3) is 11.1 Å². The second-order valence-electron chi connectivity index (χ2n) is 8.71. The molecule has 0 bridgehead atoms. The highest BCUT2D eigenvalue weighted by molar-refractivity contribution is 5.96. The minimum Gasteiger partial charge on any atom is -0.493 e. The molecule has 2 aromatic rings. The Kier molecular flexibility index (Phi) is 5.78. The normalized spacial score (nSPS) is 16.5. The summed E-state index contributed by atoms with van der Waals surface area (Å²) < 4.78 is 17.6. The van der Waals surface area contributed by atoms with Crippen molar-refractivity contribution < 1.29 is 23.8 Å². The summed E-state index contributed by atoms with van der Waals surface area (Å²) in [4.78, 5) is 24.8. The number of ketones is 1. The van der Waals surface area contributed by atoms with Gasteiger partial charge in [-0.1, -0.05) is 37.3 Å². The molecule has 0 aromatic heterocycles. The predicted molar refractivity (Wildman–Crippen MR) is 119 cm³/mol. The van der Waals surface area contributed by atoms with Crippen LogP contribution in [0, 0.1) is 12.8 Å². The molecule has 5 nitrogen and oxygen atoms in total. The fourth-order valence-corrected chi connectivity index (χ4v) is 3.91. The molecule has 0 spiro atoms. The molecule has 2 saturated carbocycles. The van der Waals surface area contributed by atoms with Crippen LogP contribution in [0.2, 0.25) is 0 Å². The molecule has 0 N–H and O–H groups in total. The maximum atomic E-state index is 12.8. The molecule has 2 aliphatic rings. The molecule has 0 unspecified atom stereocenters. The molecule has 2 fully saturated rings. The third-order valence-corrected chi connectivity index (χ3v) is 6.21. The first-order chi connectivity index (χ1) is 14.9. The van der Waals surface area contributed by atoms with Crippen molar-refractivity contribution >= 4 is 11.8 Å². The van der Waals surface area contributed by atoms with Crippen molar-refractivity contribution in [1.29, 1.82) is 0 Å². The highest BCUT2D eigenvalue weighted by Crippen LogP contribution is 2.49. The number of hydrogen-bond donors (Lipinski definition) is 0. The molecular formula is C26H30O5. The average Bonchev–Trinajstić information content (AvgIpc) is 3.68. The van der Waals surface area contributed by atoms with Gasteiger partial charge in [0.1, 0.15) is 0 Å². The van der Waals surface area contributed by atoms with E-state index in [9.17, 15) is 9.59 Å². The van der Waals surface area contributed by atoms with Crippen LogP contribution < -0.4 is 9.47 Å². The number of rotatable bonds is 9. The summed E-state index contributed by atoms with van der Waals surface area (Å²) in [5.41, 5.74) is 3.48. The van der Waals surface area contributed by atoms with E-state index in [1.54, 1.807) is 14.0 Å². The SMILES string of the molecule is CCc1cc(-c2ccc(C)c(OC)c2OC2(C(=O)OCC3CC3)CC2)ccc1C(C)=O. The predicted octanol–water partition coefficient (Wildman–Crippen LogP) is 5.30. The summed E-state index contributed by atoms with van der Waals surface area (Å²) in [6.45, 7) is 6.06. The number of benzene rings is 2. The standard InChI is InChI=1S/C26H30O5/c1-5-19-14-20(9-11-21(19)17(3)27)22-10-6-16(2)23(29-4)24(22)31-26(12-13-26)25(28)30-15-18-7-8-18/h6,9-11,14,18H,5,7-8,12-13,15H2,1-4H3. The molecular weight excluding hydrogens is 392 g/mol. The number of aryl methyl sites for hydroxylation is 2. The van der Waals surface area contributed by atoms with E-state index in [1.165, 1.54) is 0 Å².